The van der Waals surface area contributed by atoms with Gasteiger partial charge in [-0.15, -0.1) is 11.3 Å². The summed E-state index contributed by atoms with van der Waals surface area (Å²) in [5.41, 5.74) is 9.31. The molecule has 0 bridgehead atoms. The van der Waals surface area contributed by atoms with Gasteiger partial charge < -0.3 is 10.6 Å². The lowest BCUT2D eigenvalue weighted by molar-refractivity contribution is -0.383. The quantitative estimate of drug-likeness (QED) is 0.520. The third-order valence-corrected chi connectivity index (χ3v) is 3.17. The van der Waals surface area contributed by atoms with Crippen LogP contribution in [0.1, 0.15) is 5.69 Å². The number of benzene rings is 1. The van der Waals surface area contributed by atoms with E-state index in [1.165, 1.54) is 17.4 Å². The van der Waals surface area contributed by atoms with Crippen molar-refractivity contribution in [1.29, 1.82) is 0 Å². The van der Waals surface area contributed by atoms with Crippen molar-refractivity contribution in [2.75, 3.05) is 17.7 Å². The number of aromatic nitrogens is 1. The molecule has 0 aliphatic rings. The molecule has 7 heteroatoms. The zero-order valence-electron chi connectivity index (χ0n) is 9.74. The number of hydrogen-bond donors (Lipinski definition) is 1. The number of hydrogen-bond acceptors (Lipinski definition) is 6. The molecule has 0 aliphatic heterocycles. The fraction of sp³-hybridized carbons (Fsp3) is 0.182. The first-order chi connectivity index (χ1) is 8.58. The van der Waals surface area contributed by atoms with E-state index >= 15 is 0 Å². The maximum Gasteiger partial charge on any atom is 0.292 e. The van der Waals surface area contributed by atoms with E-state index in [-0.39, 0.29) is 11.4 Å². The summed E-state index contributed by atoms with van der Waals surface area (Å²) in [7, 11) is 1.89. The molecule has 0 unspecified atom stereocenters. The fourth-order valence-corrected chi connectivity index (χ4v) is 2.15. The molecular formula is C11H12N4O2S. The number of anilines is 2. The predicted octanol–water partition coefficient (Wildman–Crippen LogP) is 2.27. The predicted molar refractivity (Wildman–Crippen MR) is 71.7 cm³/mol. The molecule has 1 aromatic carbocycles. The van der Waals surface area contributed by atoms with Gasteiger partial charge in [0.05, 0.1) is 22.7 Å². The Morgan fingerprint density at radius 2 is 2.33 bits per heavy atom. The van der Waals surface area contributed by atoms with Gasteiger partial charge in [-0.1, -0.05) is 0 Å². The summed E-state index contributed by atoms with van der Waals surface area (Å²) in [6.07, 6.45) is 0. The first-order valence-electron chi connectivity index (χ1n) is 5.20. The monoisotopic (exact) mass is 264 g/mol. The Balaban J connectivity index is 2.18. The summed E-state index contributed by atoms with van der Waals surface area (Å²) in [6.45, 7) is 0.640. The molecule has 0 saturated heterocycles. The zero-order chi connectivity index (χ0) is 13.1. The van der Waals surface area contributed by atoms with Crippen molar-refractivity contribution in [3.8, 4) is 0 Å². The molecule has 94 valence electrons. The number of nitro benzene ring substituents is 1. The maximum absolute atomic E-state index is 10.7. The number of nitro groups is 1. The van der Waals surface area contributed by atoms with Crippen molar-refractivity contribution in [3.63, 3.8) is 0 Å². The summed E-state index contributed by atoms with van der Waals surface area (Å²) in [6, 6.07) is 4.70. The number of thiazole rings is 1. The Morgan fingerprint density at radius 3 is 2.89 bits per heavy atom. The highest BCUT2D eigenvalue weighted by Crippen LogP contribution is 2.27. The molecule has 2 rings (SSSR count). The highest BCUT2D eigenvalue weighted by molar-refractivity contribution is 7.07. The molecule has 6 nitrogen and oxygen atoms in total. The van der Waals surface area contributed by atoms with Crippen LogP contribution in [0.4, 0.5) is 17.1 Å². The van der Waals surface area contributed by atoms with E-state index in [9.17, 15) is 10.1 Å². The number of rotatable bonds is 4. The van der Waals surface area contributed by atoms with Crippen molar-refractivity contribution in [1.82, 2.24) is 4.98 Å². The van der Waals surface area contributed by atoms with Crippen LogP contribution in [0.15, 0.2) is 29.1 Å². The van der Waals surface area contributed by atoms with Crippen LogP contribution in [0, 0.1) is 10.1 Å². The van der Waals surface area contributed by atoms with Crippen LogP contribution >= 0.6 is 11.3 Å². The lowest BCUT2D eigenvalue weighted by Gasteiger charge is -2.18. The van der Waals surface area contributed by atoms with Gasteiger partial charge in [0.2, 0.25) is 0 Å². The first kappa shape index (κ1) is 12.3. The average Bonchev–Trinajstić information content (AvgIpc) is 2.81. The van der Waals surface area contributed by atoms with Gasteiger partial charge in [0, 0.05) is 24.2 Å². The van der Waals surface area contributed by atoms with Crippen LogP contribution in [-0.4, -0.2) is 17.0 Å². The Morgan fingerprint density at radius 1 is 1.56 bits per heavy atom. The second-order valence-electron chi connectivity index (χ2n) is 3.84. The van der Waals surface area contributed by atoms with Crippen LogP contribution in [-0.2, 0) is 6.54 Å². The molecule has 2 N–H and O–H groups in total. The lowest BCUT2D eigenvalue weighted by atomic mass is 10.2. The minimum Gasteiger partial charge on any atom is -0.393 e. The van der Waals surface area contributed by atoms with Crippen molar-refractivity contribution in [3.05, 3.63) is 44.9 Å². The molecule has 1 aromatic heterocycles. The topological polar surface area (TPSA) is 85.3 Å². The van der Waals surface area contributed by atoms with Crippen molar-refractivity contribution < 1.29 is 4.92 Å². The van der Waals surface area contributed by atoms with E-state index in [1.807, 2.05) is 17.3 Å². The van der Waals surface area contributed by atoms with Crippen LogP contribution in [0.5, 0.6) is 0 Å². The molecule has 18 heavy (non-hydrogen) atoms. The van der Waals surface area contributed by atoms with E-state index < -0.39 is 4.92 Å². The number of nitrogen functional groups attached to an aromatic ring is 1. The smallest absolute Gasteiger partial charge is 0.292 e. The van der Waals surface area contributed by atoms with Gasteiger partial charge in [0.15, 0.2) is 0 Å². The Kier molecular flexibility index (Phi) is 3.42. The van der Waals surface area contributed by atoms with E-state index in [1.54, 1.807) is 17.6 Å². The van der Waals surface area contributed by atoms with Gasteiger partial charge in [0.1, 0.15) is 5.69 Å². The van der Waals surface area contributed by atoms with Gasteiger partial charge in [-0.3, -0.25) is 10.1 Å². The van der Waals surface area contributed by atoms with Gasteiger partial charge >= 0.3 is 0 Å². The van der Waals surface area contributed by atoms with Crippen molar-refractivity contribution in [2.24, 2.45) is 0 Å². The first-order valence-corrected chi connectivity index (χ1v) is 6.14. The molecule has 0 radical (unpaired) electrons. The molecule has 0 saturated carbocycles. The SMILES string of the molecule is CN(Cc1cscn1)c1ccc([N+](=O)[O-])c(N)c1. The van der Waals surface area contributed by atoms with Crippen LogP contribution in [0.2, 0.25) is 0 Å². The highest BCUT2D eigenvalue weighted by Gasteiger charge is 2.13. The normalized spacial score (nSPS) is 10.3. The Bertz CT molecular complexity index is 556. The summed E-state index contributed by atoms with van der Waals surface area (Å²) in [5, 5.41) is 12.6. The minimum atomic E-state index is -0.487. The standard InChI is InChI=1S/C11H12N4O2S/c1-14(5-8-6-18-7-13-8)9-2-3-11(15(16)17)10(12)4-9/h2-4,6-7H,5,12H2,1H3. The van der Waals surface area contributed by atoms with E-state index in [0.29, 0.717) is 6.54 Å². The average molecular weight is 264 g/mol. The molecule has 0 aliphatic carbocycles. The van der Waals surface area contributed by atoms with Crippen LogP contribution in [0.3, 0.4) is 0 Å². The molecule has 0 fully saturated rings. The molecule has 0 amide bonds. The maximum atomic E-state index is 10.7. The van der Waals surface area contributed by atoms with E-state index in [2.05, 4.69) is 4.98 Å². The van der Waals surface area contributed by atoms with Gasteiger partial charge in [-0.05, 0) is 12.1 Å². The third kappa shape index (κ3) is 2.57. The van der Waals surface area contributed by atoms with Gasteiger partial charge in [0.25, 0.3) is 5.69 Å². The summed E-state index contributed by atoms with van der Waals surface area (Å²) < 4.78 is 0. The minimum absolute atomic E-state index is 0.0687. The van der Waals surface area contributed by atoms with Gasteiger partial charge in [-0.2, -0.15) is 0 Å². The van der Waals surface area contributed by atoms with Crippen molar-refractivity contribution in [2.45, 2.75) is 6.54 Å². The van der Waals surface area contributed by atoms with Crippen LogP contribution < -0.4 is 10.6 Å². The second-order valence-corrected chi connectivity index (χ2v) is 4.55. The molecular weight excluding hydrogens is 252 g/mol. The molecule has 0 spiro atoms. The zero-order valence-corrected chi connectivity index (χ0v) is 10.6. The molecule has 1 heterocycles. The fourth-order valence-electron chi connectivity index (χ4n) is 1.60. The summed E-state index contributed by atoms with van der Waals surface area (Å²) in [5.74, 6) is 0. The number of nitrogens with two attached hydrogens (primary N) is 1. The van der Waals surface area contributed by atoms with Crippen LogP contribution in [0.25, 0.3) is 0 Å². The van der Waals surface area contributed by atoms with E-state index in [0.717, 1.165) is 11.4 Å². The lowest BCUT2D eigenvalue weighted by Crippen LogP contribution is -2.16. The van der Waals surface area contributed by atoms with E-state index in [4.69, 9.17) is 5.73 Å². The number of nitrogens with zero attached hydrogens (tertiary/aromatic N) is 3. The summed E-state index contributed by atoms with van der Waals surface area (Å²) in [4.78, 5) is 16.3. The molecule has 2 aromatic rings. The highest BCUT2D eigenvalue weighted by atomic mass is 32.1. The largest absolute Gasteiger partial charge is 0.393 e. The molecule has 0 atom stereocenters. The van der Waals surface area contributed by atoms with Crippen molar-refractivity contribution >= 4 is 28.4 Å². The second kappa shape index (κ2) is 5.01. The Labute approximate surface area is 108 Å². The third-order valence-electron chi connectivity index (χ3n) is 2.53. The Hall–Kier alpha value is -2.15. The van der Waals surface area contributed by atoms with Gasteiger partial charge in [-0.25, -0.2) is 4.98 Å². The summed E-state index contributed by atoms with van der Waals surface area (Å²) >= 11 is 1.53.